The van der Waals surface area contributed by atoms with E-state index in [-0.39, 0.29) is 22.9 Å². The third-order valence-electron chi connectivity index (χ3n) is 2.04. The van der Waals surface area contributed by atoms with Crippen LogP contribution in [0.2, 0.25) is 5.28 Å². The zero-order valence-electron chi connectivity index (χ0n) is 9.82. The molecule has 0 unspecified atom stereocenters. The molecule has 0 atom stereocenters. The summed E-state index contributed by atoms with van der Waals surface area (Å²) in [6.45, 7) is 2.11. The predicted octanol–water partition coefficient (Wildman–Crippen LogP) is 2.95. The first-order chi connectivity index (χ1) is 9.08. The van der Waals surface area contributed by atoms with Gasteiger partial charge in [-0.2, -0.15) is 15.0 Å². The number of nitrogens with zero attached hydrogens (tertiary/aromatic N) is 3. The van der Waals surface area contributed by atoms with Crippen molar-refractivity contribution in [1.29, 1.82) is 0 Å². The molecular formula is C11H9ClF2N4O. The van der Waals surface area contributed by atoms with Crippen LogP contribution in [0.3, 0.4) is 0 Å². The second-order valence-corrected chi connectivity index (χ2v) is 3.73. The van der Waals surface area contributed by atoms with Gasteiger partial charge in [-0.05, 0) is 30.7 Å². The fourth-order valence-electron chi connectivity index (χ4n) is 1.29. The second kappa shape index (κ2) is 5.75. The van der Waals surface area contributed by atoms with E-state index in [1.807, 2.05) is 0 Å². The van der Waals surface area contributed by atoms with Crippen LogP contribution in [-0.4, -0.2) is 21.6 Å². The minimum Gasteiger partial charge on any atom is -0.464 e. The zero-order valence-corrected chi connectivity index (χ0v) is 10.6. The lowest BCUT2D eigenvalue weighted by Crippen LogP contribution is -2.04. The molecule has 2 rings (SSSR count). The van der Waals surface area contributed by atoms with Crippen molar-refractivity contribution in [2.24, 2.45) is 0 Å². The molecule has 0 saturated heterocycles. The van der Waals surface area contributed by atoms with Crippen LogP contribution in [0.4, 0.5) is 20.4 Å². The van der Waals surface area contributed by atoms with E-state index in [0.717, 1.165) is 12.1 Å². The molecule has 0 radical (unpaired) electrons. The molecule has 2 aromatic rings. The fraction of sp³-hybridized carbons (Fsp3) is 0.182. The maximum Gasteiger partial charge on any atom is 0.322 e. The molecule has 0 saturated carbocycles. The summed E-state index contributed by atoms with van der Waals surface area (Å²) in [5.74, 6) is -1.44. The van der Waals surface area contributed by atoms with Gasteiger partial charge in [0.05, 0.1) is 12.3 Å². The van der Waals surface area contributed by atoms with Gasteiger partial charge >= 0.3 is 6.01 Å². The van der Waals surface area contributed by atoms with Crippen LogP contribution in [-0.2, 0) is 0 Å². The van der Waals surface area contributed by atoms with Crippen molar-refractivity contribution in [1.82, 2.24) is 15.0 Å². The lowest BCUT2D eigenvalue weighted by Gasteiger charge is -2.07. The van der Waals surface area contributed by atoms with E-state index in [4.69, 9.17) is 16.3 Å². The first-order valence-corrected chi connectivity index (χ1v) is 5.72. The molecular weight excluding hydrogens is 278 g/mol. The van der Waals surface area contributed by atoms with Crippen molar-refractivity contribution in [3.8, 4) is 6.01 Å². The monoisotopic (exact) mass is 286 g/mol. The van der Waals surface area contributed by atoms with Crippen molar-refractivity contribution in [3.05, 3.63) is 35.1 Å². The molecule has 19 heavy (non-hydrogen) atoms. The van der Waals surface area contributed by atoms with Crippen LogP contribution in [0.15, 0.2) is 18.2 Å². The minimum absolute atomic E-state index is 0.00829. The van der Waals surface area contributed by atoms with Crippen LogP contribution in [0.1, 0.15) is 6.92 Å². The second-order valence-electron chi connectivity index (χ2n) is 3.39. The molecule has 0 aliphatic heterocycles. The Morgan fingerprint density at radius 3 is 2.74 bits per heavy atom. The first-order valence-electron chi connectivity index (χ1n) is 5.35. The Bertz CT molecular complexity index is 597. The lowest BCUT2D eigenvalue weighted by atomic mass is 10.3. The molecule has 0 spiro atoms. The smallest absolute Gasteiger partial charge is 0.322 e. The van der Waals surface area contributed by atoms with E-state index in [1.54, 1.807) is 6.92 Å². The Labute approximate surface area is 112 Å². The largest absolute Gasteiger partial charge is 0.464 e. The maximum atomic E-state index is 13.4. The van der Waals surface area contributed by atoms with Crippen molar-refractivity contribution in [2.45, 2.75) is 6.92 Å². The first kappa shape index (κ1) is 13.4. The van der Waals surface area contributed by atoms with E-state index in [9.17, 15) is 8.78 Å². The van der Waals surface area contributed by atoms with Gasteiger partial charge in [-0.25, -0.2) is 8.78 Å². The molecule has 100 valence electrons. The number of nitrogens with one attached hydrogen (secondary N) is 1. The Kier molecular flexibility index (Phi) is 4.06. The van der Waals surface area contributed by atoms with E-state index < -0.39 is 11.6 Å². The average molecular weight is 287 g/mol. The van der Waals surface area contributed by atoms with Crippen LogP contribution in [0.25, 0.3) is 0 Å². The van der Waals surface area contributed by atoms with Gasteiger partial charge in [0.25, 0.3) is 0 Å². The summed E-state index contributed by atoms with van der Waals surface area (Å²) in [6.07, 6.45) is 0. The molecule has 5 nitrogen and oxygen atoms in total. The number of hydrogen-bond donors (Lipinski definition) is 1. The highest BCUT2D eigenvalue weighted by Gasteiger charge is 2.09. The molecule has 0 fully saturated rings. The molecule has 0 bridgehead atoms. The number of rotatable bonds is 4. The number of halogens is 3. The van der Waals surface area contributed by atoms with Gasteiger partial charge in [0.1, 0.15) is 11.6 Å². The Hall–Kier alpha value is -2.02. The summed E-state index contributed by atoms with van der Waals surface area (Å²) in [7, 11) is 0. The highest BCUT2D eigenvalue weighted by Crippen LogP contribution is 2.20. The molecule has 1 aromatic heterocycles. The van der Waals surface area contributed by atoms with Crippen LogP contribution in [0, 0.1) is 11.6 Å². The maximum absolute atomic E-state index is 13.4. The summed E-state index contributed by atoms with van der Waals surface area (Å²) in [5, 5.41) is 2.48. The summed E-state index contributed by atoms with van der Waals surface area (Å²) in [6, 6.07) is 3.10. The van der Waals surface area contributed by atoms with Gasteiger partial charge in [-0.1, -0.05) is 0 Å². The predicted molar refractivity (Wildman–Crippen MR) is 65.6 cm³/mol. The highest BCUT2D eigenvalue weighted by atomic mass is 35.5. The summed E-state index contributed by atoms with van der Waals surface area (Å²) < 4.78 is 31.3. The average Bonchev–Trinajstić information content (AvgIpc) is 2.32. The fourth-order valence-corrected chi connectivity index (χ4v) is 1.45. The molecule has 1 aromatic carbocycles. The van der Waals surface area contributed by atoms with Crippen molar-refractivity contribution >= 4 is 23.2 Å². The summed E-state index contributed by atoms with van der Waals surface area (Å²) in [5.41, 5.74) is 0.0196. The van der Waals surface area contributed by atoms with Crippen molar-refractivity contribution < 1.29 is 13.5 Å². The van der Waals surface area contributed by atoms with E-state index in [0.29, 0.717) is 6.61 Å². The quantitative estimate of drug-likeness (QED) is 0.936. The minimum atomic E-state index is -0.769. The van der Waals surface area contributed by atoms with Gasteiger partial charge in [0, 0.05) is 6.07 Å². The number of benzene rings is 1. The van der Waals surface area contributed by atoms with E-state index in [1.165, 1.54) is 6.07 Å². The standard InChI is InChI=1S/C11H9ClF2N4O/c1-2-19-11-17-9(12)16-10(18-11)15-8-4-3-6(13)5-7(8)14/h3-5H,2H2,1H3,(H,15,16,17,18). The molecule has 0 aliphatic carbocycles. The van der Waals surface area contributed by atoms with Gasteiger partial charge in [-0.15, -0.1) is 0 Å². The summed E-state index contributed by atoms with van der Waals surface area (Å²) in [4.78, 5) is 11.4. The SMILES string of the molecule is CCOc1nc(Cl)nc(Nc2ccc(F)cc2F)n1. The number of hydrogen-bond acceptors (Lipinski definition) is 5. The van der Waals surface area contributed by atoms with Crippen molar-refractivity contribution in [2.75, 3.05) is 11.9 Å². The molecule has 1 heterocycles. The van der Waals surface area contributed by atoms with E-state index >= 15 is 0 Å². The molecule has 0 amide bonds. The van der Waals surface area contributed by atoms with Gasteiger partial charge in [0.15, 0.2) is 0 Å². The van der Waals surface area contributed by atoms with Crippen LogP contribution >= 0.6 is 11.6 Å². The lowest BCUT2D eigenvalue weighted by molar-refractivity contribution is 0.312. The number of anilines is 2. The third-order valence-corrected chi connectivity index (χ3v) is 2.21. The molecule has 8 heteroatoms. The Morgan fingerprint density at radius 1 is 1.26 bits per heavy atom. The van der Waals surface area contributed by atoms with E-state index in [2.05, 4.69) is 20.3 Å². The normalized spacial score (nSPS) is 10.3. The van der Waals surface area contributed by atoms with Crippen molar-refractivity contribution in [3.63, 3.8) is 0 Å². The molecule has 1 N–H and O–H groups in total. The van der Waals surface area contributed by atoms with Gasteiger partial charge < -0.3 is 10.1 Å². The Morgan fingerprint density at radius 2 is 2.05 bits per heavy atom. The summed E-state index contributed by atoms with van der Waals surface area (Å²) >= 11 is 5.68. The Balaban J connectivity index is 2.27. The van der Waals surface area contributed by atoms with Crippen LogP contribution in [0.5, 0.6) is 6.01 Å². The van der Waals surface area contributed by atoms with Gasteiger partial charge in [0.2, 0.25) is 11.2 Å². The zero-order chi connectivity index (χ0) is 13.8. The number of aromatic nitrogens is 3. The number of ether oxygens (including phenoxy) is 1. The highest BCUT2D eigenvalue weighted by molar-refractivity contribution is 6.28. The van der Waals surface area contributed by atoms with Gasteiger partial charge in [-0.3, -0.25) is 0 Å². The topological polar surface area (TPSA) is 59.9 Å². The molecule has 0 aliphatic rings. The van der Waals surface area contributed by atoms with Crippen LogP contribution < -0.4 is 10.1 Å². The third kappa shape index (κ3) is 3.47.